The average molecular weight is 212 g/mol. The van der Waals surface area contributed by atoms with E-state index in [0.717, 1.165) is 23.9 Å². The molecule has 3 saturated heterocycles. The molecule has 0 aromatic rings. The third-order valence-electron chi connectivity index (χ3n) is 4.35. The molecule has 3 heterocycles. The van der Waals surface area contributed by atoms with Crippen molar-refractivity contribution in [2.24, 2.45) is 11.8 Å². The molecule has 4 rings (SSSR count). The minimum atomic E-state index is 0.872. The number of nitrogens with zero attached hydrogens (tertiary/aromatic N) is 1. The van der Waals surface area contributed by atoms with Gasteiger partial charge in [-0.1, -0.05) is 0 Å². The van der Waals surface area contributed by atoms with Crippen LogP contribution >= 0.6 is 11.8 Å². The normalized spacial score (nSPS) is 45.9. The van der Waals surface area contributed by atoms with E-state index in [0.29, 0.717) is 0 Å². The maximum Gasteiger partial charge on any atom is 0.0191 e. The van der Waals surface area contributed by atoms with Gasteiger partial charge in [-0.15, -0.1) is 0 Å². The molecule has 2 nitrogen and oxygen atoms in total. The minimum Gasteiger partial charge on any atom is -0.313 e. The van der Waals surface area contributed by atoms with Gasteiger partial charge in [0.1, 0.15) is 0 Å². The number of rotatable bonds is 3. The fourth-order valence-electron chi connectivity index (χ4n) is 3.21. The van der Waals surface area contributed by atoms with Crippen LogP contribution < -0.4 is 5.32 Å². The summed E-state index contributed by atoms with van der Waals surface area (Å²) in [5, 5.41) is 3.61. The fraction of sp³-hybridized carbons (Fsp3) is 1.00. The summed E-state index contributed by atoms with van der Waals surface area (Å²) < 4.78 is 0. The van der Waals surface area contributed by atoms with Crippen LogP contribution in [-0.2, 0) is 0 Å². The summed E-state index contributed by atoms with van der Waals surface area (Å²) in [6, 6.07) is 1.75. The zero-order valence-electron chi connectivity index (χ0n) is 8.91. The maximum absolute atomic E-state index is 3.61. The molecule has 0 amide bonds. The van der Waals surface area contributed by atoms with Crippen LogP contribution in [-0.4, -0.2) is 48.6 Å². The Balaban J connectivity index is 1.52. The van der Waals surface area contributed by atoms with Crippen LogP contribution in [0.3, 0.4) is 0 Å². The van der Waals surface area contributed by atoms with E-state index in [9.17, 15) is 0 Å². The summed E-state index contributed by atoms with van der Waals surface area (Å²) >= 11 is 2.12. The molecule has 0 aromatic heterocycles. The molecule has 4 unspecified atom stereocenters. The van der Waals surface area contributed by atoms with Gasteiger partial charge in [0.15, 0.2) is 0 Å². The molecule has 80 valence electrons. The molecule has 4 fully saturated rings. The highest BCUT2D eigenvalue weighted by molar-refractivity contribution is 7.99. The van der Waals surface area contributed by atoms with Gasteiger partial charge in [0.05, 0.1) is 0 Å². The van der Waals surface area contributed by atoms with Crippen molar-refractivity contribution in [1.29, 1.82) is 0 Å². The topological polar surface area (TPSA) is 15.3 Å². The van der Waals surface area contributed by atoms with Crippen molar-refractivity contribution in [1.82, 2.24) is 10.2 Å². The van der Waals surface area contributed by atoms with Gasteiger partial charge in [-0.05, 0) is 44.0 Å². The predicted octanol–water partition coefficient (Wildman–Crippen LogP) is 1.03. The molecule has 0 aromatic carbocycles. The first-order valence-corrected chi connectivity index (χ1v) is 7.01. The van der Waals surface area contributed by atoms with E-state index >= 15 is 0 Å². The standard InChI is InChI=1S/C11H20N2S/c1-13(9-2-3-14-7-9)6-10-8-4-11(10)12-5-8/h8-12H,2-7H2,1H3. The quantitative estimate of drug-likeness (QED) is 0.752. The van der Waals surface area contributed by atoms with Gasteiger partial charge in [0, 0.05) is 24.4 Å². The van der Waals surface area contributed by atoms with E-state index in [1.54, 1.807) is 0 Å². The van der Waals surface area contributed by atoms with Crippen LogP contribution in [0.2, 0.25) is 0 Å². The Hall–Kier alpha value is 0.270. The summed E-state index contributed by atoms with van der Waals surface area (Å²) in [5.74, 6) is 4.73. The van der Waals surface area contributed by atoms with Crippen LogP contribution in [0.5, 0.6) is 0 Å². The average Bonchev–Trinajstić information content (AvgIpc) is 2.85. The van der Waals surface area contributed by atoms with Crippen LogP contribution in [0.15, 0.2) is 0 Å². The van der Waals surface area contributed by atoms with Crippen molar-refractivity contribution in [3.63, 3.8) is 0 Å². The zero-order valence-corrected chi connectivity index (χ0v) is 9.72. The van der Waals surface area contributed by atoms with Gasteiger partial charge in [-0.2, -0.15) is 11.8 Å². The molecule has 4 aliphatic rings. The Morgan fingerprint density at radius 1 is 1.50 bits per heavy atom. The van der Waals surface area contributed by atoms with Crippen LogP contribution in [0.25, 0.3) is 0 Å². The van der Waals surface area contributed by atoms with Crippen molar-refractivity contribution in [2.75, 3.05) is 31.6 Å². The summed E-state index contributed by atoms with van der Waals surface area (Å²) in [6.07, 6.45) is 2.87. The summed E-state index contributed by atoms with van der Waals surface area (Å²) in [5.41, 5.74) is 0. The number of thioether (sulfide) groups is 1. The highest BCUT2D eigenvalue weighted by Gasteiger charge is 2.46. The minimum absolute atomic E-state index is 0.872. The Morgan fingerprint density at radius 2 is 2.43 bits per heavy atom. The second kappa shape index (κ2) is 3.69. The molecule has 1 saturated carbocycles. The van der Waals surface area contributed by atoms with Crippen LogP contribution in [0, 0.1) is 11.8 Å². The largest absolute Gasteiger partial charge is 0.313 e. The Labute approximate surface area is 90.8 Å². The van der Waals surface area contributed by atoms with Gasteiger partial charge in [0.2, 0.25) is 0 Å². The highest BCUT2D eigenvalue weighted by Crippen LogP contribution is 2.40. The lowest BCUT2D eigenvalue weighted by molar-refractivity contribution is 0.128. The first-order valence-electron chi connectivity index (χ1n) is 5.86. The van der Waals surface area contributed by atoms with Gasteiger partial charge in [0.25, 0.3) is 0 Å². The summed E-state index contributed by atoms with van der Waals surface area (Å²) in [7, 11) is 2.33. The molecular formula is C11H20N2S. The molecule has 1 aliphatic carbocycles. The maximum atomic E-state index is 3.61. The first-order chi connectivity index (χ1) is 6.84. The van der Waals surface area contributed by atoms with Crippen molar-refractivity contribution in [2.45, 2.75) is 24.9 Å². The third-order valence-corrected chi connectivity index (χ3v) is 5.49. The second-order valence-electron chi connectivity index (χ2n) is 5.13. The van der Waals surface area contributed by atoms with Gasteiger partial charge in [-0.25, -0.2) is 0 Å². The molecular weight excluding hydrogens is 192 g/mol. The summed E-state index contributed by atoms with van der Waals surface area (Å²) in [6.45, 7) is 2.64. The Kier molecular flexibility index (Phi) is 2.50. The highest BCUT2D eigenvalue weighted by atomic mass is 32.2. The van der Waals surface area contributed by atoms with Gasteiger partial charge >= 0.3 is 0 Å². The molecule has 2 bridgehead atoms. The predicted molar refractivity (Wildman–Crippen MR) is 61.7 cm³/mol. The van der Waals surface area contributed by atoms with E-state index in [1.165, 1.54) is 37.4 Å². The smallest absolute Gasteiger partial charge is 0.0191 e. The van der Waals surface area contributed by atoms with Crippen molar-refractivity contribution < 1.29 is 0 Å². The number of fused-ring (bicyclic) bond motifs is 1. The first kappa shape index (κ1) is 9.49. The SMILES string of the molecule is CN(CC1C2CNC1C2)C1CCSC1. The second-order valence-corrected chi connectivity index (χ2v) is 6.28. The number of nitrogens with one attached hydrogen (secondary N) is 1. The van der Waals surface area contributed by atoms with Crippen LogP contribution in [0.1, 0.15) is 12.8 Å². The number of hydrogen-bond acceptors (Lipinski definition) is 3. The monoisotopic (exact) mass is 212 g/mol. The molecule has 0 spiro atoms. The third kappa shape index (κ3) is 1.50. The van der Waals surface area contributed by atoms with E-state index in [1.807, 2.05) is 0 Å². The van der Waals surface area contributed by atoms with Crippen LogP contribution in [0.4, 0.5) is 0 Å². The molecule has 1 N–H and O–H groups in total. The van der Waals surface area contributed by atoms with E-state index in [-0.39, 0.29) is 0 Å². The molecule has 4 atom stereocenters. The van der Waals surface area contributed by atoms with E-state index in [2.05, 4.69) is 29.0 Å². The zero-order chi connectivity index (χ0) is 9.54. The Bertz CT molecular complexity index is 201. The Morgan fingerprint density at radius 3 is 3.00 bits per heavy atom. The molecule has 0 radical (unpaired) electrons. The summed E-state index contributed by atoms with van der Waals surface area (Å²) in [4.78, 5) is 2.62. The molecule has 3 aliphatic heterocycles. The van der Waals surface area contributed by atoms with Crippen molar-refractivity contribution >= 4 is 11.8 Å². The van der Waals surface area contributed by atoms with E-state index in [4.69, 9.17) is 0 Å². The van der Waals surface area contributed by atoms with Crippen molar-refractivity contribution in [3.05, 3.63) is 0 Å². The van der Waals surface area contributed by atoms with Gasteiger partial charge in [-0.3, -0.25) is 0 Å². The lowest BCUT2D eigenvalue weighted by Crippen LogP contribution is -2.46. The number of hydrogen-bond donors (Lipinski definition) is 1. The van der Waals surface area contributed by atoms with Crippen molar-refractivity contribution in [3.8, 4) is 0 Å². The van der Waals surface area contributed by atoms with Gasteiger partial charge < -0.3 is 10.2 Å². The lowest BCUT2D eigenvalue weighted by Gasteiger charge is -2.38. The van der Waals surface area contributed by atoms with E-state index < -0.39 is 0 Å². The molecule has 3 heteroatoms. The molecule has 14 heavy (non-hydrogen) atoms. The lowest BCUT2D eigenvalue weighted by atomic mass is 9.73. The fourth-order valence-corrected chi connectivity index (χ4v) is 4.51.